The van der Waals surface area contributed by atoms with Gasteiger partial charge < -0.3 is 0 Å². The minimum absolute atomic E-state index is 0.0306. The molecule has 0 radical (unpaired) electrons. The lowest BCUT2D eigenvalue weighted by atomic mass is 10.0. The van der Waals surface area contributed by atoms with Crippen LogP contribution in [0, 0.1) is 12.7 Å². The van der Waals surface area contributed by atoms with Gasteiger partial charge in [0.15, 0.2) is 5.78 Å². The summed E-state index contributed by atoms with van der Waals surface area (Å²) in [4.78, 5) is 11.6. The van der Waals surface area contributed by atoms with E-state index in [9.17, 15) is 9.18 Å². The van der Waals surface area contributed by atoms with E-state index in [0.717, 1.165) is 5.57 Å². The monoisotopic (exact) mass is 206 g/mol. The minimum Gasteiger partial charge on any atom is -0.294 e. The summed E-state index contributed by atoms with van der Waals surface area (Å²) in [5, 5.41) is 0. The Morgan fingerprint density at radius 1 is 1.40 bits per heavy atom. The first-order chi connectivity index (χ1) is 7.00. The highest BCUT2D eigenvalue weighted by atomic mass is 19.1. The maximum atomic E-state index is 13.2. The number of aryl methyl sites for hydroxylation is 1. The number of hydrogen-bond acceptors (Lipinski definition) is 1. The van der Waals surface area contributed by atoms with Crippen LogP contribution in [0.3, 0.4) is 0 Å². The normalized spacial score (nSPS) is 10.1. The van der Waals surface area contributed by atoms with E-state index in [4.69, 9.17) is 0 Å². The van der Waals surface area contributed by atoms with Gasteiger partial charge in [-0.1, -0.05) is 17.7 Å². The Kier molecular flexibility index (Phi) is 3.78. The first kappa shape index (κ1) is 11.6. The summed E-state index contributed by atoms with van der Waals surface area (Å²) in [7, 11) is 0. The third-order valence-corrected chi connectivity index (χ3v) is 2.27. The molecule has 2 heteroatoms. The Morgan fingerprint density at radius 3 is 2.60 bits per heavy atom. The maximum Gasteiger partial charge on any atom is 0.163 e. The number of carbonyl (C=O) groups is 1. The van der Waals surface area contributed by atoms with E-state index in [1.807, 2.05) is 6.92 Å². The van der Waals surface area contributed by atoms with E-state index in [-0.39, 0.29) is 11.6 Å². The summed E-state index contributed by atoms with van der Waals surface area (Å²) < 4.78 is 13.2. The number of hydrogen-bond donors (Lipinski definition) is 0. The fourth-order valence-electron chi connectivity index (χ4n) is 1.24. The number of allylic oxidation sites excluding steroid dienone is 1. The van der Waals surface area contributed by atoms with Crippen molar-refractivity contribution in [1.29, 1.82) is 0 Å². The smallest absolute Gasteiger partial charge is 0.163 e. The first-order valence-corrected chi connectivity index (χ1v) is 4.94. The van der Waals surface area contributed by atoms with E-state index < -0.39 is 0 Å². The zero-order chi connectivity index (χ0) is 11.4. The van der Waals surface area contributed by atoms with Crippen LogP contribution in [0.25, 0.3) is 0 Å². The summed E-state index contributed by atoms with van der Waals surface area (Å²) >= 11 is 0. The molecule has 0 spiro atoms. The SMILES string of the molecule is C=C(C)CCC(=O)c1ccc(C)c(F)c1. The van der Waals surface area contributed by atoms with Gasteiger partial charge in [0, 0.05) is 12.0 Å². The van der Waals surface area contributed by atoms with Gasteiger partial charge in [0.25, 0.3) is 0 Å². The van der Waals surface area contributed by atoms with Crippen LogP contribution in [0.1, 0.15) is 35.7 Å². The molecule has 0 unspecified atom stereocenters. The molecule has 0 atom stereocenters. The molecule has 0 aliphatic carbocycles. The van der Waals surface area contributed by atoms with Crippen LogP contribution in [0.2, 0.25) is 0 Å². The van der Waals surface area contributed by atoms with Crippen molar-refractivity contribution in [3.8, 4) is 0 Å². The molecule has 0 fully saturated rings. The third-order valence-electron chi connectivity index (χ3n) is 2.27. The summed E-state index contributed by atoms with van der Waals surface area (Å²) in [6.45, 7) is 7.28. The lowest BCUT2D eigenvalue weighted by molar-refractivity contribution is 0.0982. The molecule has 1 aromatic carbocycles. The summed E-state index contributed by atoms with van der Waals surface area (Å²) in [6.07, 6.45) is 1.06. The lowest BCUT2D eigenvalue weighted by Gasteiger charge is -2.02. The standard InChI is InChI=1S/C13H15FO/c1-9(2)4-7-13(15)11-6-5-10(3)12(14)8-11/h5-6,8H,1,4,7H2,2-3H3. The average Bonchev–Trinajstić information content (AvgIpc) is 2.18. The topological polar surface area (TPSA) is 17.1 Å². The molecule has 0 saturated carbocycles. The fourth-order valence-corrected chi connectivity index (χ4v) is 1.24. The van der Waals surface area contributed by atoms with E-state index in [1.54, 1.807) is 19.1 Å². The van der Waals surface area contributed by atoms with Crippen molar-refractivity contribution in [2.24, 2.45) is 0 Å². The van der Waals surface area contributed by atoms with E-state index in [0.29, 0.717) is 24.0 Å². The molecule has 1 rings (SSSR count). The Morgan fingerprint density at radius 2 is 2.07 bits per heavy atom. The van der Waals surface area contributed by atoms with Gasteiger partial charge in [-0.3, -0.25) is 4.79 Å². The highest BCUT2D eigenvalue weighted by Gasteiger charge is 2.07. The highest BCUT2D eigenvalue weighted by molar-refractivity contribution is 5.96. The number of Topliss-reactive ketones (excluding diaryl/α,β-unsaturated/α-hetero) is 1. The molecule has 0 heterocycles. The zero-order valence-corrected chi connectivity index (χ0v) is 9.14. The molecule has 0 amide bonds. The molecule has 0 aliphatic heterocycles. The van der Waals surface area contributed by atoms with Gasteiger partial charge >= 0.3 is 0 Å². The number of rotatable bonds is 4. The van der Waals surface area contributed by atoms with Crippen LogP contribution in [-0.2, 0) is 0 Å². The number of benzene rings is 1. The highest BCUT2D eigenvalue weighted by Crippen LogP contribution is 2.13. The van der Waals surface area contributed by atoms with Crippen LogP contribution in [0.15, 0.2) is 30.4 Å². The van der Waals surface area contributed by atoms with Crippen molar-refractivity contribution >= 4 is 5.78 Å². The number of carbonyl (C=O) groups excluding carboxylic acids is 1. The Hall–Kier alpha value is -1.44. The molecule has 0 N–H and O–H groups in total. The molecule has 0 saturated heterocycles. The second-order valence-electron chi connectivity index (χ2n) is 3.84. The minimum atomic E-state index is -0.323. The van der Waals surface area contributed by atoms with E-state index >= 15 is 0 Å². The molecule has 1 nitrogen and oxygen atoms in total. The Bertz CT molecular complexity index is 394. The largest absolute Gasteiger partial charge is 0.294 e. The van der Waals surface area contributed by atoms with Crippen molar-refractivity contribution in [2.45, 2.75) is 26.7 Å². The van der Waals surface area contributed by atoms with Crippen molar-refractivity contribution in [3.63, 3.8) is 0 Å². The second kappa shape index (κ2) is 4.87. The van der Waals surface area contributed by atoms with Crippen LogP contribution < -0.4 is 0 Å². The van der Waals surface area contributed by atoms with Crippen molar-refractivity contribution in [2.75, 3.05) is 0 Å². The molecular weight excluding hydrogens is 191 g/mol. The Labute approximate surface area is 89.6 Å². The van der Waals surface area contributed by atoms with E-state index in [1.165, 1.54) is 6.07 Å². The predicted molar refractivity (Wildman–Crippen MR) is 59.5 cm³/mol. The summed E-state index contributed by atoms with van der Waals surface area (Å²) in [5.41, 5.74) is 1.97. The molecule has 0 aliphatic rings. The molecule has 15 heavy (non-hydrogen) atoms. The van der Waals surface area contributed by atoms with Crippen molar-refractivity contribution in [1.82, 2.24) is 0 Å². The molecular formula is C13H15FO. The average molecular weight is 206 g/mol. The van der Waals surface area contributed by atoms with Crippen LogP contribution in [0.4, 0.5) is 4.39 Å². The van der Waals surface area contributed by atoms with Gasteiger partial charge in [-0.15, -0.1) is 6.58 Å². The van der Waals surface area contributed by atoms with Crippen molar-refractivity contribution < 1.29 is 9.18 Å². The van der Waals surface area contributed by atoms with Crippen LogP contribution in [-0.4, -0.2) is 5.78 Å². The van der Waals surface area contributed by atoms with Gasteiger partial charge in [-0.05, 0) is 31.9 Å². The van der Waals surface area contributed by atoms with Crippen LogP contribution in [0.5, 0.6) is 0 Å². The van der Waals surface area contributed by atoms with E-state index in [2.05, 4.69) is 6.58 Å². The first-order valence-electron chi connectivity index (χ1n) is 4.94. The molecule has 0 aromatic heterocycles. The number of halogens is 1. The number of ketones is 1. The second-order valence-corrected chi connectivity index (χ2v) is 3.84. The fraction of sp³-hybridized carbons (Fsp3) is 0.308. The summed E-state index contributed by atoms with van der Waals surface area (Å²) in [5.74, 6) is -0.354. The van der Waals surface area contributed by atoms with Crippen molar-refractivity contribution in [3.05, 3.63) is 47.3 Å². The molecule has 1 aromatic rings. The predicted octanol–water partition coefficient (Wildman–Crippen LogP) is 3.67. The van der Waals surface area contributed by atoms with Gasteiger partial charge in [0.1, 0.15) is 5.82 Å². The van der Waals surface area contributed by atoms with Gasteiger partial charge in [-0.2, -0.15) is 0 Å². The summed E-state index contributed by atoms with van der Waals surface area (Å²) in [6, 6.07) is 4.60. The maximum absolute atomic E-state index is 13.2. The molecule has 0 bridgehead atoms. The quantitative estimate of drug-likeness (QED) is 0.542. The zero-order valence-electron chi connectivity index (χ0n) is 9.14. The van der Waals surface area contributed by atoms with Gasteiger partial charge in [0.05, 0.1) is 0 Å². The van der Waals surface area contributed by atoms with Crippen LogP contribution >= 0.6 is 0 Å². The molecule has 80 valence electrons. The Balaban J connectivity index is 2.74. The van der Waals surface area contributed by atoms with Gasteiger partial charge in [0.2, 0.25) is 0 Å². The third kappa shape index (κ3) is 3.31. The lowest BCUT2D eigenvalue weighted by Crippen LogP contribution is -2.00. The van der Waals surface area contributed by atoms with Gasteiger partial charge in [-0.25, -0.2) is 4.39 Å².